The molecule has 0 saturated carbocycles. The van der Waals surface area contributed by atoms with Gasteiger partial charge in [-0.3, -0.25) is 0 Å². The Morgan fingerprint density at radius 3 is 2.58 bits per heavy atom. The lowest BCUT2D eigenvalue weighted by atomic mass is 10.1. The first-order valence-corrected chi connectivity index (χ1v) is 10.8. The van der Waals surface area contributed by atoms with Crippen molar-refractivity contribution in [2.75, 3.05) is 11.5 Å². The molecule has 0 spiro atoms. The van der Waals surface area contributed by atoms with Gasteiger partial charge < -0.3 is 4.74 Å². The van der Waals surface area contributed by atoms with Gasteiger partial charge in [0, 0.05) is 10.1 Å². The predicted molar refractivity (Wildman–Crippen MR) is 99.6 cm³/mol. The van der Waals surface area contributed by atoms with E-state index in [4.69, 9.17) is 10.00 Å². The quantitative estimate of drug-likeness (QED) is 0.733. The lowest BCUT2D eigenvalue weighted by molar-refractivity contribution is 0.0468. The molecule has 2 aromatic rings. The molecule has 0 N–H and O–H groups in total. The van der Waals surface area contributed by atoms with Crippen LogP contribution in [-0.2, 0) is 21.2 Å². The topological polar surface area (TPSA) is 84.2 Å². The fraction of sp³-hybridized carbons (Fsp3) is 0.263. The maximum absolute atomic E-state index is 12.5. The molecule has 1 saturated heterocycles. The van der Waals surface area contributed by atoms with Crippen LogP contribution in [0.2, 0.25) is 0 Å². The van der Waals surface area contributed by atoms with E-state index in [1.165, 1.54) is 11.8 Å². The molecule has 1 aliphatic heterocycles. The third kappa shape index (κ3) is 4.65. The molecule has 26 heavy (non-hydrogen) atoms. The average molecular weight is 387 g/mol. The number of carbonyl (C=O) groups excluding carboxylic acids is 1. The van der Waals surface area contributed by atoms with Gasteiger partial charge in [-0.05, 0) is 36.2 Å². The predicted octanol–water partition coefficient (Wildman–Crippen LogP) is 3.19. The minimum absolute atomic E-state index is 0.0347. The highest BCUT2D eigenvalue weighted by Gasteiger charge is 2.29. The van der Waals surface area contributed by atoms with Crippen LogP contribution in [-0.4, -0.2) is 31.1 Å². The van der Waals surface area contributed by atoms with Crippen molar-refractivity contribution in [2.24, 2.45) is 0 Å². The van der Waals surface area contributed by atoms with Gasteiger partial charge in [-0.1, -0.05) is 24.3 Å². The number of hydrogen-bond donors (Lipinski definition) is 0. The molecule has 0 amide bonds. The summed E-state index contributed by atoms with van der Waals surface area (Å²) >= 11 is 1.42. The van der Waals surface area contributed by atoms with Crippen LogP contribution in [0, 0.1) is 11.3 Å². The fourth-order valence-corrected chi connectivity index (χ4v) is 6.29. The Labute approximate surface area is 156 Å². The first-order valence-electron chi connectivity index (χ1n) is 8.09. The molecule has 5 nitrogen and oxygen atoms in total. The van der Waals surface area contributed by atoms with Crippen LogP contribution >= 0.6 is 11.8 Å². The van der Waals surface area contributed by atoms with E-state index < -0.39 is 15.8 Å². The summed E-state index contributed by atoms with van der Waals surface area (Å²) < 4.78 is 28.6. The summed E-state index contributed by atoms with van der Waals surface area (Å²) in [5.41, 5.74) is 1.79. The Balaban J connectivity index is 1.66. The first-order chi connectivity index (χ1) is 12.5. The van der Waals surface area contributed by atoms with E-state index >= 15 is 0 Å². The normalized spacial score (nSPS) is 18.2. The third-order valence-electron chi connectivity index (χ3n) is 4.04. The van der Waals surface area contributed by atoms with Gasteiger partial charge in [0.25, 0.3) is 0 Å². The summed E-state index contributed by atoms with van der Waals surface area (Å²) in [7, 11) is -2.96. The number of ether oxygens (including phenoxy) is 1. The molecular formula is C19H17NO4S2. The summed E-state index contributed by atoms with van der Waals surface area (Å²) in [6, 6.07) is 16.0. The van der Waals surface area contributed by atoms with E-state index in [1.54, 1.807) is 36.4 Å². The number of nitrogens with zero attached hydrogens (tertiary/aromatic N) is 1. The molecule has 1 fully saturated rings. The lowest BCUT2D eigenvalue weighted by Gasteiger charge is -2.12. The van der Waals surface area contributed by atoms with Crippen molar-refractivity contribution in [3.05, 3.63) is 65.2 Å². The smallest absolute Gasteiger partial charge is 0.339 e. The Morgan fingerprint density at radius 1 is 1.19 bits per heavy atom. The molecule has 1 aliphatic rings. The third-order valence-corrected chi connectivity index (χ3v) is 7.37. The monoisotopic (exact) mass is 387 g/mol. The molecule has 0 bridgehead atoms. The highest BCUT2D eigenvalue weighted by atomic mass is 32.2. The van der Waals surface area contributed by atoms with Crippen LogP contribution in [0.5, 0.6) is 0 Å². The second-order valence-corrected chi connectivity index (χ2v) is 9.59. The molecule has 1 atom stereocenters. The highest BCUT2D eigenvalue weighted by Crippen LogP contribution is 2.33. The average Bonchev–Trinajstić information content (AvgIpc) is 2.99. The summed E-state index contributed by atoms with van der Waals surface area (Å²) in [5, 5.41) is 8.77. The maximum Gasteiger partial charge on any atom is 0.339 e. The summed E-state index contributed by atoms with van der Waals surface area (Å²) in [5.74, 6) is -0.0965. The largest absolute Gasteiger partial charge is 0.457 e. The number of benzene rings is 2. The van der Waals surface area contributed by atoms with Crippen LogP contribution in [0.4, 0.5) is 0 Å². The zero-order chi connectivity index (χ0) is 18.6. The molecular weight excluding hydrogens is 370 g/mol. The molecule has 0 aliphatic carbocycles. The van der Waals surface area contributed by atoms with Crippen LogP contribution in [0.1, 0.15) is 27.9 Å². The molecule has 1 heterocycles. The van der Waals surface area contributed by atoms with Crippen molar-refractivity contribution in [3.8, 4) is 6.07 Å². The van der Waals surface area contributed by atoms with Crippen molar-refractivity contribution in [2.45, 2.75) is 23.2 Å². The van der Waals surface area contributed by atoms with Crippen molar-refractivity contribution in [1.82, 2.24) is 0 Å². The number of hydrogen-bond acceptors (Lipinski definition) is 6. The SMILES string of the molecule is N#Cc1ccc(COC(=O)c2ccccc2S[C@H]2CCS(=O)(=O)C2)cc1. The summed E-state index contributed by atoms with van der Waals surface area (Å²) in [6.07, 6.45) is 0.599. The Morgan fingerprint density at radius 2 is 1.92 bits per heavy atom. The van der Waals surface area contributed by atoms with Gasteiger partial charge in [-0.2, -0.15) is 5.26 Å². The molecule has 0 radical (unpaired) electrons. The Kier molecular flexibility index (Phi) is 5.64. The van der Waals surface area contributed by atoms with Crippen LogP contribution in [0.25, 0.3) is 0 Å². The van der Waals surface area contributed by atoms with Gasteiger partial charge in [0.15, 0.2) is 9.84 Å². The van der Waals surface area contributed by atoms with Crippen molar-refractivity contribution >= 4 is 27.6 Å². The van der Waals surface area contributed by atoms with Gasteiger partial charge in [-0.25, -0.2) is 13.2 Å². The van der Waals surface area contributed by atoms with Crippen molar-refractivity contribution in [1.29, 1.82) is 5.26 Å². The van der Waals surface area contributed by atoms with Crippen molar-refractivity contribution < 1.29 is 17.9 Å². The van der Waals surface area contributed by atoms with E-state index in [0.29, 0.717) is 17.5 Å². The fourth-order valence-electron chi connectivity index (χ4n) is 2.67. The molecule has 0 unspecified atom stereocenters. The maximum atomic E-state index is 12.5. The Hall–Kier alpha value is -2.30. The first kappa shape index (κ1) is 18.5. The molecule has 3 rings (SSSR count). The van der Waals surface area contributed by atoms with E-state index in [2.05, 4.69) is 0 Å². The number of nitriles is 1. The number of sulfone groups is 1. The number of rotatable bonds is 5. The van der Waals surface area contributed by atoms with Crippen LogP contribution in [0.3, 0.4) is 0 Å². The van der Waals surface area contributed by atoms with Crippen LogP contribution < -0.4 is 0 Å². The van der Waals surface area contributed by atoms with Gasteiger partial charge in [0.2, 0.25) is 0 Å². The minimum atomic E-state index is -2.96. The molecule has 2 aromatic carbocycles. The minimum Gasteiger partial charge on any atom is -0.457 e. The van der Waals surface area contributed by atoms with E-state index in [1.807, 2.05) is 18.2 Å². The second kappa shape index (κ2) is 7.94. The highest BCUT2D eigenvalue weighted by molar-refractivity contribution is 8.02. The lowest BCUT2D eigenvalue weighted by Crippen LogP contribution is -2.10. The van der Waals surface area contributed by atoms with Crippen molar-refractivity contribution in [3.63, 3.8) is 0 Å². The van der Waals surface area contributed by atoms with E-state index in [0.717, 1.165) is 10.5 Å². The second-order valence-electron chi connectivity index (χ2n) is 6.02. The zero-order valence-electron chi connectivity index (χ0n) is 13.9. The Bertz CT molecular complexity index is 946. The standard InChI is InChI=1S/C19H17NO4S2/c20-11-14-5-7-15(8-6-14)12-24-19(21)17-3-1-2-4-18(17)25-16-9-10-26(22,23)13-16/h1-8,16H,9-10,12-13H2/t16-/m0/s1. The number of thioether (sulfide) groups is 1. The summed E-state index contributed by atoms with van der Waals surface area (Å²) in [4.78, 5) is 13.2. The van der Waals surface area contributed by atoms with Crippen LogP contribution in [0.15, 0.2) is 53.4 Å². The molecule has 134 valence electrons. The zero-order valence-corrected chi connectivity index (χ0v) is 15.6. The number of esters is 1. The van der Waals surface area contributed by atoms with Gasteiger partial charge >= 0.3 is 5.97 Å². The number of carbonyl (C=O) groups is 1. The van der Waals surface area contributed by atoms with Gasteiger partial charge in [-0.15, -0.1) is 11.8 Å². The summed E-state index contributed by atoms with van der Waals surface area (Å²) in [6.45, 7) is 0.112. The van der Waals surface area contributed by atoms with Gasteiger partial charge in [0.05, 0.1) is 28.7 Å². The van der Waals surface area contributed by atoms with E-state index in [9.17, 15) is 13.2 Å². The molecule has 0 aromatic heterocycles. The van der Waals surface area contributed by atoms with E-state index in [-0.39, 0.29) is 23.4 Å². The van der Waals surface area contributed by atoms with Gasteiger partial charge in [0.1, 0.15) is 6.61 Å². The molecule has 7 heteroatoms.